The van der Waals surface area contributed by atoms with Gasteiger partial charge in [-0.3, -0.25) is 4.99 Å². The molecule has 1 aromatic heterocycles. The van der Waals surface area contributed by atoms with E-state index < -0.39 is 0 Å². The van der Waals surface area contributed by atoms with Gasteiger partial charge in [0.2, 0.25) is 0 Å². The third kappa shape index (κ3) is 6.40. The number of nitrogens with zero attached hydrogens (tertiary/aromatic N) is 3. The predicted molar refractivity (Wildman–Crippen MR) is 113 cm³/mol. The van der Waals surface area contributed by atoms with Gasteiger partial charge in [0, 0.05) is 63.7 Å². The standard InChI is InChI=1S/C21H32N4O3/c1-6-22-21(25(3)16-17-9-7-11-24(17)2)23-10-8-12-28-20-14-18(26-4)13-19(15-20)27-5/h7,9,11,13-15H,6,8,10,12,16H2,1-5H3,(H,22,23). The number of aromatic nitrogens is 1. The van der Waals surface area contributed by atoms with Crippen molar-refractivity contribution in [3.8, 4) is 17.2 Å². The van der Waals surface area contributed by atoms with Gasteiger partial charge in [0.1, 0.15) is 17.2 Å². The third-order valence-electron chi connectivity index (χ3n) is 4.30. The van der Waals surface area contributed by atoms with Gasteiger partial charge in [-0.05, 0) is 19.1 Å². The minimum atomic E-state index is 0.570. The summed E-state index contributed by atoms with van der Waals surface area (Å²) in [6.45, 7) is 4.96. The molecule has 2 rings (SSSR count). The lowest BCUT2D eigenvalue weighted by atomic mass is 10.3. The zero-order valence-corrected chi connectivity index (χ0v) is 17.6. The van der Waals surface area contributed by atoms with Crippen LogP contribution >= 0.6 is 0 Å². The fourth-order valence-electron chi connectivity index (χ4n) is 2.75. The molecule has 0 saturated heterocycles. The van der Waals surface area contributed by atoms with Gasteiger partial charge < -0.3 is 29.0 Å². The molecule has 0 saturated carbocycles. The lowest BCUT2D eigenvalue weighted by molar-refractivity contribution is 0.307. The van der Waals surface area contributed by atoms with E-state index in [0.717, 1.165) is 31.2 Å². The van der Waals surface area contributed by atoms with Gasteiger partial charge in [0.25, 0.3) is 0 Å². The molecule has 154 valence electrons. The summed E-state index contributed by atoms with van der Waals surface area (Å²) in [4.78, 5) is 6.85. The Hall–Kier alpha value is -2.83. The molecule has 1 heterocycles. The minimum Gasteiger partial charge on any atom is -0.496 e. The maximum absolute atomic E-state index is 5.83. The molecule has 1 N–H and O–H groups in total. The zero-order chi connectivity index (χ0) is 20.4. The van der Waals surface area contributed by atoms with Crippen LogP contribution in [0.3, 0.4) is 0 Å². The summed E-state index contributed by atoms with van der Waals surface area (Å²) in [7, 11) is 7.36. The molecule has 0 atom stereocenters. The van der Waals surface area contributed by atoms with Crippen molar-refractivity contribution in [3.05, 3.63) is 42.2 Å². The second-order valence-electron chi connectivity index (χ2n) is 6.45. The van der Waals surface area contributed by atoms with Crippen molar-refractivity contribution in [1.82, 2.24) is 14.8 Å². The number of hydrogen-bond donors (Lipinski definition) is 1. The van der Waals surface area contributed by atoms with Crippen molar-refractivity contribution < 1.29 is 14.2 Å². The van der Waals surface area contributed by atoms with Crippen LogP contribution in [0.1, 0.15) is 19.0 Å². The topological polar surface area (TPSA) is 60.3 Å². The van der Waals surface area contributed by atoms with Crippen LogP contribution in [-0.2, 0) is 13.6 Å². The molecular formula is C21H32N4O3. The first-order valence-corrected chi connectivity index (χ1v) is 9.53. The molecule has 0 aliphatic rings. The Kier molecular flexibility index (Phi) is 8.52. The van der Waals surface area contributed by atoms with E-state index in [1.807, 2.05) is 25.2 Å². The van der Waals surface area contributed by atoms with Crippen LogP contribution in [0.5, 0.6) is 17.2 Å². The Morgan fingerprint density at radius 2 is 1.82 bits per heavy atom. The van der Waals surface area contributed by atoms with Crippen LogP contribution in [0.25, 0.3) is 0 Å². The highest BCUT2D eigenvalue weighted by molar-refractivity contribution is 5.79. The van der Waals surface area contributed by atoms with Gasteiger partial charge in [-0.1, -0.05) is 0 Å². The summed E-state index contributed by atoms with van der Waals surface area (Å²) in [6, 6.07) is 9.70. The largest absolute Gasteiger partial charge is 0.496 e. The Balaban J connectivity index is 1.85. The zero-order valence-electron chi connectivity index (χ0n) is 17.6. The first-order valence-electron chi connectivity index (χ1n) is 9.53. The normalized spacial score (nSPS) is 11.2. The molecule has 0 unspecified atom stereocenters. The number of rotatable bonds is 10. The van der Waals surface area contributed by atoms with Crippen molar-refractivity contribution >= 4 is 5.96 Å². The summed E-state index contributed by atoms with van der Waals surface area (Å²) in [6.07, 6.45) is 2.87. The lowest BCUT2D eigenvalue weighted by Gasteiger charge is -2.22. The Bertz CT molecular complexity index is 736. The van der Waals surface area contributed by atoms with Crippen molar-refractivity contribution in [2.75, 3.05) is 41.0 Å². The number of guanidine groups is 1. The quantitative estimate of drug-likeness (QED) is 0.385. The highest BCUT2D eigenvalue weighted by atomic mass is 16.5. The van der Waals surface area contributed by atoms with Gasteiger partial charge in [-0.25, -0.2) is 0 Å². The Morgan fingerprint density at radius 3 is 2.39 bits per heavy atom. The van der Waals surface area contributed by atoms with E-state index in [1.165, 1.54) is 5.69 Å². The first-order chi connectivity index (χ1) is 13.6. The highest BCUT2D eigenvalue weighted by Crippen LogP contribution is 2.27. The summed E-state index contributed by atoms with van der Waals surface area (Å²) in [5.74, 6) is 3.05. The molecule has 0 bridgehead atoms. The third-order valence-corrected chi connectivity index (χ3v) is 4.30. The van der Waals surface area contributed by atoms with E-state index in [4.69, 9.17) is 19.2 Å². The van der Waals surface area contributed by atoms with Crippen molar-refractivity contribution in [2.45, 2.75) is 19.9 Å². The number of benzene rings is 1. The van der Waals surface area contributed by atoms with Crippen molar-refractivity contribution in [2.24, 2.45) is 12.0 Å². The number of ether oxygens (including phenoxy) is 3. The molecule has 7 nitrogen and oxygen atoms in total. The van der Waals surface area contributed by atoms with Crippen molar-refractivity contribution in [3.63, 3.8) is 0 Å². The summed E-state index contributed by atoms with van der Waals surface area (Å²) in [5, 5.41) is 3.35. The van der Waals surface area contributed by atoms with E-state index >= 15 is 0 Å². The van der Waals surface area contributed by atoms with E-state index in [-0.39, 0.29) is 0 Å². The number of hydrogen-bond acceptors (Lipinski definition) is 4. The molecule has 1 aromatic carbocycles. The van der Waals surface area contributed by atoms with Gasteiger partial charge in [0.05, 0.1) is 27.4 Å². The van der Waals surface area contributed by atoms with E-state index in [9.17, 15) is 0 Å². The predicted octanol–water partition coefficient (Wildman–Crippen LogP) is 2.91. The van der Waals surface area contributed by atoms with Crippen LogP contribution in [0.2, 0.25) is 0 Å². The van der Waals surface area contributed by atoms with Crippen LogP contribution in [0, 0.1) is 0 Å². The highest BCUT2D eigenvalue weighted by Gasteiger charge is 2.08. The van der Waals surface area contributed by atoms with Crippen LogP contribution in [0.4, 0.5) is 0 Å². The molecule has 28 heavy (non-hydrogen) atoms. The van der Waals surface area contributed by atoms with Crippen LogP contribution in [-0.4, -0.2) is 56.4 Å². The summed E-state index contributed by atoms with van der Waals surface area (Å²) in [5.41, 5.74) is 1.24. The fourth-order valence-corrected chi connectivity index (χ4v) is 2.75. The molecule has 0 fully saturated rings. The summed E-state index contributed by atoms with van der Waals surface area (Å²) >= 11 is 0. The first kappa shape index (κ1) is 21.5. The second kappa shape index (κ2) is 11.1. The molecule has 0 aliphatic heterocycles. The monoisotopic (exact) mass is 388 g/mol. The van der Waals surface area contributed by atoms with Crippen LogP contribution in [0.15, 0.2) is 41.5 Å². The molecular weight excluding hydrogens is 356 g/mol. The second-order valence-corrected chi connectivity index (χ2v) is 6.45. The van der Waals surface area contributed by atoms with E-state index in [1.54, 1.807) is 14.2 Å². The molecule has 7 heteroatoms. The minimum absolute atomic E-state index is 0.570. The van der Waals surface area contributed by atoms with Gasteiger partial charge in [-0.15, -0.1) is 0 Å². The molecule has 0 spiro atoms. The number of aryl methyl sites for hydroxylation is 1. The Morgan fingerprint density at radius 1 is 1.14 bits per heavy atom. The molecule has 0 radical (unpaired) electrons. The number of aliphatic imine (C=N–C) groups is 1. The lowest BCUT2D eigenvalue weighted by Crippen LogP contribution is -2.39. The number of nitrogens with one attached hydrogen (secondary N) is 1. The molecule has 0 aliphatic carbocycles. The molecule has 0 amide bonds. The number of methoxy groups -OCH3 is 2. The van der Waals surface area contributed by atoms with Gasteiger partial charge in [-0.2, -0.15) is 0 Å². The van der Waals surface area contributed by atoms with Crippen LogP contribution < -0.4 is 19.5 Å². The maximum atomic E-state index is 5.83. The van der Waals surface area contributed by atoms with E-state index in [0.29, 0.717) is 24.7 Å². The SMILES string of the molecule is CCNC(=NCCCOc1cc(OC)cc(OC)c1)N(C)Cc1cccn1C. The summed E-state index contributed by atoms with van der Waals surface area (Å²) < 4.78 is 18.5. The molecule has 2 aromatic rings. The van der Waals surface area contributed by atoms with E-state index in [2.05, 4.69) is 47.1 Å². The van der Waals surface area contributed by atoms with Crippen molar-refractivity contribution in [1.29, 1.82) is 0 Å². The fraction of sp³-hybridized carbons (Fsp3) is 0.476. The Labute approximate surface area is 167 Å². The average molecular weight is 389 g/mol. The van der Waals surface area contributed by atoms with Gasteiger partial charge in [0.15, 0.2) is 5.96 Å². The average Bonchev–Trinajstić information content (AvgIpc) is 3.10. The maximum Gasteiger partial charge on any atom is 0.194 e. The smallest absolute Gasteiger partial charge is 0.194 e. The van der Waals surface area contributed by atoms with Gasteiger partial charge >= 0.3 is 0 Å².